The molecule has 0 radical (unpaired) electrons. The van der Waals surface area contributed by atoms with Gasteiger partial charge in [-0.25, -0.2) is 0 Å². The zero-order chi connectivity index (χ0) is 18.9. The largest absolute Gasteiger partial charge is 0.378 e. The van der Waals surface area contributed by atoms with Gasteiger partial charge < -0.3 is 14.2 Å². The first-order valence-corrected chi connectivity index (χ1v) is 11.0. The average molecular weight is 367 g/mol. The fourth-order valence-electron chi connectivity index (χ4n) is 5.80. The molecule has 0 bridgehead atoms. The summed E-state index contributed by atoms with van der Waals surface area (Å²) >= 11 is 0. The van der Waals surface area contributed by atoms with E-state index in [4.69, 9.17) is 14.2 Å². The van der Waals surface area contributed by atoms with Gasteiger partial charge in [0.1, 0.15) is 0 Å². The molecule has 3 aliphatic rings. The Bertz CT molecular complexity index is 405. The second-order valence-corrected chi connectivity index (χ2v) is 11.1. The minimum Gasteiger partial charge on any atom is -0.378 e. The van der Waals surface area contributed by atoms with Gasteiger partial charge in [0.2, 0.25) is 0 Å². The Balaban J connectivity index is 1.84. The van der Waals surface area contributed by atoms with E-state index < -0.39 is 0 Å². The van der Waals surface area contributed by atoms with E-state index >= 15 is 0 Å². The lowest BCUT2D eigenvalue weighted by atomic mass is 9.65. The summed E-state index contributed by atoms with van der Waals surface area (Å²) < 4.78 is 19.3. The Kier molecular flexibility index (Phi) is 6.41. The van der Waals surface area contributed by atoms with Crippen molar-refractivity contribution in [3.8, 4) is 0 Å². The smallest absolute Gasteiger partial charge is 0.0681 e. The van der Waals surface area contributed by atoms with E-state index in [-0.39, 0.29) is 5.41 Å². The third kappa shape index (κ3) is 4.47. The van der Waals surface area contributed by atoms with Crippen molar-refractivity contribution < 1.29 is 14.2 Å². The summed E-state index contributed by atoms with van der Waals surface area (Å²) in [5, 5.41) is 0. The molecule has 3 heterocycles. The summed E-state index contributed by atoms with van der Waals surface area (Å²) in [6.45, 7) is 16.9. The third-order valence-corrected chi connectivity index (χ3v) is 6.96. The molecule has 3 aliphatic heterocycles. The van der Waals surface area contributed by atoms with E-state index in [9.17, 15) is 0 Å². The molecule has 3 rings (SSSR count). The molecule has 3 heteroatoms. The van der Waals surface area contributed by atoms with Crippen molar-refractivity contribution in [2.45, 2.75) is 98.4 Å². The summed E-state index contributed by atoms with van der Waals surface area (Å²) in [5.41, 5.74) is 0.451. The van der Waals surface area contributed by atoms with Crippen LogP contribution in [0.2, 0.25) is 0 Å². The highest BCUT2D eigenvalue weighted by Crippen LogP contribution is 2.47. The second kappa shape index (κ2) is 8.09. The minimum absolute atomic E-state index is 0.160. The average Bonchev–Trinajstić information content (AvgIpc) is 2.60. The van der Waals surface area contributed by atoms with Crippen molar-refractivity contribution in [2.75, 3.05) is 19.8 Å². The topological polar surface area (TPSA) is 27.7 Å². The molecule has 3 fully saturated rings. The van der Waals surface area contributed by atoms with Gasteiger partial charge in [-0.15, -0.1) is 0 Å². The van der Waals surface area contributed by atoms with E-state index in [1.807, 2.05) is 0 Å². The number of hydrogen-bond donors (Lipinski definition) is 0. The van der Waals surface area contributed by atoms with Crippen LogP contribution < -0.4 is 0 Å². The molecule has 6 unspecified atom stereocenters. The van der Waals surface area contributed by atoms with Gasteiger partial charge in [-0.3, -0.25) is 0 Å². The highest BCUT2D eigenvalue weighted by Gasteiger charge is 2.49. The predicted octanol–water partition coefficient (Wildman–Crippen LogP) is 5.46. The van der Waals surface area contributed by atoms with Crippen molar-refractivity contribution in [2.24, 2.45) is 28.6 Å². The number of rotatable bonds is 2. The molecular weight excluding hydrogens is 324 g/mol. The second-order valence-electron chi connectivity index (χ2n) is 11.1. The van der Waals surface area contributed by atoms with Crippen LogP contribution in [0.4, 0.5) is 0 Å². The summed E-state index contributed by atoms with van der Waals surface area (Å²) in [6.07, 6.45) is 8.24. The maximum atomic E-state index is 6.51. The third-order valence-electron chi connectivity index (χ3n) is 6.96. The summed E-state index contributed by atoms with van der Waals surface area (Å²) in [4.78, 5) is 0. The Morgan fingerprint density at radius 3 is 1.73 bits per heavy atom. The van der Waals surface area contributed by atoms with E-state index in [0.717, 1.165) is 26.2 Å². The first-order chi connectivity index (χ1) is 12.2. The lowest BCUT2D eigenvalue weighted by molar-refractivity contribution is -0.194. The van der Waals surface area contributed by atoms with Crippen LogP contribution in [0.5, 0.6) is 0 Å². The van der Waals surface area contributed by atoms with Gasteiger partial charge in [0.05, 0.1) is 18.3 Å². The molecule has 0 aromatic carbocycles. The molecule has 0 saturated carbocycles. The Morgan fingerprint density at radius 1 is 0.577 bits per heavy atom. The van der Waals surface area contributed by atoms with Crippen LogP contribution in [-0.2, 0) is 14.2 Å². The first-order valence-electron chi connectivity index (χ1n) is 11.0. The molecule has 0 N–H and O–H groups in total. The summed E-state index contributed by atoms with van der Waals surface area (Å²) in [6, 6.07) is 0. The Labute approximate surface area is 161 Å². The lowest BCUT2D eigenvalue weighted by Crippen LogP contribution is -2.54. The maximum Gasteiger partial charge on any atom is 0.0681 e. The van der Waals surface area contributed by atoms with Gasteiger partial charge in [0, 0.05) is 31.7 Å². The Morgan fingerprint density at radius 2 is 1.12 bits per heavy atom. The van der Waals surface area contributed by atoms with Crippen LogP contribution in [0, 0.1) is 28.6 Å². The first kappa shape index (κ1) is 20.6. The molecule has 3 saturated heterocycles. The van der Waals surface area contributed by atoms with E-state index in [1.54, 1.807) is 0 Å². The van der Waals surface area contributed by atoms with E-state index in [2.05, 4.69) is 41.5 Å². The summed E-state index contributed by atoms with van der Waals surface area (Å²) in [5.74, 6) is 1.65. The molecule has 0 amide bonds. The molecule has 3 nitrogen and oxygen atoms in total. The van der Waals surface area contributed by atoms with Crippen LogP contribution >= 0.6 is 0 Å². The SMILES string of the molecule is CC(C)(C)C1CCCOC1C1CCCOC1C1CCCOC1C(C)(C)C. The van der Waals surface area contributed by atoms with Crippen LogP contribution in [0.1, 0.15) is 80.1 Å². The molecule has 0 aliphatic carbocycles. The van der Waals surface area contributed by atoms with Gasteiger partial charge in [-0.1, -0.05) is 41.5 Å². The standard InChI is InChI=1S/C23H42O3/c1-22(2,3)18-12-9-14-25-20(18)16-10-7-13-24-19(16)17-11-8-15-26-21(17)23(4,5)6/h16-21H,7-15H2,1-6H3. The lowest BCUT2D eigenvalue weighted by Gasteiger charge is -2.51. The molecule has 0 spiro atoms. The van der Waals surface area contributed by atoms with Crippen molar-refractivity contribution >= 4 is 0 Å². The Hall–Kier alpha value is -0.120. The fourth-order valence-corrected chi connectivity index (χ4v) is 5.80. The molecule has 152 valence electrons. The zero-order valence-electron chi connectivity index (χ0n) is 18.1. The van der Waals surface area contributed by atoms with E-state index in [1.165, 1.54) is 32.1 Å². The minimum atomic E-state index is 0.160. The summed E-state index contributed by atoms with van der Waals surface area (Å²) in [7, 11) is 0. The molecule has 0 aromatic heterocycles. The normalized spacial score (nSPS) is 40.4. The molecular formula is C23H42O3. The fraction of sp³-hybridized carbons (Fsp3) is 1.00. The van der Waals surface area contributed by atoms with Crippen molar-refractivity contribution in [1.82, 2.24) is 0 Å². The van der Waals surface area contributed by atoms with Crippen LogP contribution in [0.3, 0.4) is 0 Å². The van der Waals surface area contributed by atoms with Crippen molar-refractivity contribution in [3.63, 3.8) is 0 Å². The highest BCUT2D eigenvalue weighted by atomic mass is 16.5. The van der Waals surface area contributed by atoms with Crippen LogP contribution in [0.15, 0.2) is 0 Å². The highest BCUT2D eigenvalue weighted by molar-refractivity contribution is 4.98. The van der Waals surface area contributed by atoms with Gasteiger partial charge in [-0.2, -0.15) is 0 Å². The van der Waals surface area contributed by atoms with Gasteiger partial charge in [-0.05, 0) is 55.3 Å². The monoisotopic (exact) mass is 366 g/mol. The van der Waals surface area contributed by atoms with Crippen molar-refractivity contribution in [3.05, 3.63) is 0 Å². The zero-order valence-corrected chi connectivity index (χ0v) is 18.1. The molecule has 26 heavy (non-hydrogen) atoms. The maximum absolute atomic E-state index is 6.51. The van der Waals surface area contributed by atoms with Gasteiger partial charge in [0.25, 0.3) is 0 Å². The number of hydrogen-bond acceptors (Lipinski definition) is 3. The molecule has 6 atom stereocenters. The predicted molar refractivity (Wildman–Crippen MR) is 106 cm³/mol. The van der Waals surface area contributed by atoms with Crippen molar-refractivity contribution in [1.29, 1.82) is 0 Å². The molecule has 0 aromatic rings. The van der Waals surface area contributed by atoms with Crippen LogP contribution in [0.25, 0.3) is 0 Å². The van der Waals surface area contributed by atoms with Gasteiger partial charge >= 0.3 is 0 Å². The quantitative estimate of drug-likeness (QED) is 0.649. The van der Waals surface area contributed by atoms with Crippen LogP contribution in [-0.4, -0.2) is 38.1 Å². The number of ether oxygens (including phenoxy) is 3. The van der Waals surface area contributed by atoms with Gasteiger partial charge in [0.15, 0.2) is 0 Å². The van der Waals surface area contributed by atoms with E-state index in [0.29, 0.717) is 41.5 Å².